The van der Waals surface area contributed by atoms with E-state index in [2.05, 4.69) is 12.0 Å². The monoisotopic (exact) mass is 525 g/mol. The molecule has 0 radical (unpaired) electrons. The minimum absolute atomic E-state index is 0.0926. The van der Waals surface area contributed by atoms with Gasteiger partial charge in [-0.15, -0.1) is 6.58 Å². The Morgan fingerprint density at radius 3 is 2.40 bits per heavy atom. The summed E-state index contributed by atoms with van der Waals surface area (Å²) in [4.78, 5) is 24.2. The molecule has 1 saturated heterocycles. The molecule has 12 heteroatoms. The van der Waals surface area contributed by atoms with Crippen LogP contribution in [-0.4, -0.2) is 61.4 Å². The van der Waals surface area contributed by atoms with Gasteiger partial charge in [-0.1, -0.05) is 44.5 Å². The third kappa shape index (κ3) is 4.69. The lowest BCUT2D eigenvalue weighted by molar-refractivity contribution is -0.491. The molecule has 1 amide bonds. The number of aryl methyl sites for hydroxylation is 1. The van der Waals surface area contributed by atoms with Gasteiger partial charge in [-0.25, -0.2) is 5.43 Å². The number of carbonyl (C=O) groups is 1. The first kappa shape index (κ1) is 27.5. The van der Waals surface area contributed by atoms with Crippen LogP contribution in [0.2, 0.25) is 18.1 Å². The molecule has 0 bridgehead atoms. The fraction of sp³-hybridized carbons (Fsp3) is 0.609. The molecule has 2 fully saturated rings. The second-order valence-electron chi connectivity index (χ2n) is 11.0. The number of benzene rings is 1. The molecule has 0 spiro atoms. The summed E-state index contributed by atoms with van der Waals surface area (Å²) in [5, 5.41) is 22.9. The molecule has 1 aliphatic heterocycles. The minimum Gasteiger partial charge on any atom is -0.411 e. The Labute approximate surface area is 207 Å². The number of rotatable bonds is 7. The van der Waals surface area contributed by atoms with Crippen LogP contribution in [0.1, 0.15) is 32.8 Å². The van der Waals surface area contributed by atoms with Crippen molar-refractivity contribution in [3.8, 4) is 0 Å². The molecular formula is C23H35N3O7SSi. The third-order valence-corrected chi connectivity index (χ3v) is 13.9. The molecule has 2 aliphatic rings. The first-order valence-electron chi connectivity index (χ1n) is 11.5. The second kappa shape index (κ2) is 9.07. The van der Waals surface area contributed by atoms with Crippen molar-refractivity contribution in [3.05, 3.63) is 52.6 Å². The molecule has 1 heterocycles. The molecule has 35 heavy (non-hydrogen) atoms. The highest BCUT2D eigenvalue weighted by Gasteiger charge is 2.66. The molecule has 1 aliphatic carbocycles. The Kier molecular flexibility index (Phi) is 7.12. The number of nitrogens with one attached hydrogen (secondary N) is 1. The van der Waals surface area contributed by atoms with E-state index < -0.39 is 65.3 Å². The summed E-state index contributed by atoms with van der Waals surface area (Å²) in [5.41, 5.74) is 2.07. The van der Waals surface area contributed by atoms with Crippen LogP contribution in [0.25, 0.3) is 0 Å². The largest absolute Gasteiger partial charge is 0.411 e. The summed E-state index contributed by atoms with van der Waals surface area (Å²) < 4.78 is 33.7. The van der Waals surface area contributed by atoms with Crippen molar-refractivity contribution in [1.29, 1.82) is 0 Å². The highest BCUT2D eigenvalue weighted by molar-refractivity contribution is 7.89. The van der Waals surface area contributed by atoms with Gasteiger partial charge in [0.05, 0.1) is 22.5 Å². The number of amides is 1. The van der Waals surface area contributed by atoms with Crippen molar-refractivity contribution in [2.24, 2.45) is 11.8 Å². The SMILES string of the molecule is C=C[C@]12NN(S(=O)(=O)c3ccc(C)cc3)C(=O)C[C@H]1[C@H](C[N+](=O)[O-])[C@@H](O[Si](C)(C)C(C)(C)C)[C@@H]2O. The van der Waals surface area contributed by atoms with E-state index in [1.807, 2.05) is 40.8 Å². The maximum atomic E-state index is 13.4. The normalized spacial score (nSPS) is 29.7. The number of aliphatic hydroxyl groups excluding tert-OH is 1. The van der Waals surface area contributed by atoms with E-state index in [4.69, 9.17) is 4.43 Å². The lowest BCUT2D eigenvalue weighted by Gasteiger charge is -2.45. The van der Waals surface area contributed by atoms with E-state index in [-0.39, 0.29) is 16.4 Å². The van der Waals surface area contributed by atoms with Crippen molar-refractivity contribution in [2.75, 3.05) is 6.54 Å². The average molecular weight is 526 g/mol. The van der Waals surface area contributed by atoms with Gasteiger partial charge in [-0.3, -0.25) is 14.9 Å². The van der Waals surface area contributed by atoms with Crippen LogP contribution in [0.3, 0.4) is 0 Å². The Bertz CT molecular complexity index is 1120. The maximum Gasteiger partial charge on any atom is 0.280 e. The summed E-state index contributed by atoms with van der Waals surface area (Å²) in [6, 6.07) is 6.04. The summed E-state index contributed by atoms with van der Waals surface area (Å²) in [7, 11) is -6.81. The van der Waals surface area contributed by atoms with Gasteiger partial charge >= 0.3 is 0 Å². The summed E-state index contributed by atoms with van der Waals surface area (Å²) in [6.45, 7) is 15.1. The molecule has 1 saturated carbocycles. The summed E-state index contributed by atoms with van der Waals surface area (Å²) >= 11 is 0. The summed E-state index contributed by atoms with van der Waals surface area (Å²) in [6.07, 6.45) is -1.31. The van der Waals surface area contributed by atoms with E-state index in [0.717, 1.165) is 5.56 Å². The molecule has 5 atom stereocenters. The zero-order valence-electron chi connectivity index (χ0n) is 21.0. The molecule has 0 unspecified atom stereocenters. The summed E-state index contributed by atoms with van der Waals surface area (Å²) in [5.74, 6) is -2.37. The molecule has 0 aromatic heterocycles. The minimum atomic E-state index is -4.31. The molecule has 2 N–H and O–H groups in total. The van der Waals surface area contributed by atoms with Gasteiger partial charge in [0.1, 0.15) is 6.10 Å². The van der Waals surface area contributed by atoms with Crippen LogP contribution >= 0.6 is 0 Å². The smallest absolute Gasteiger partial charge is 0.280 e. The zero-order valence-corrected chi connectivity index (χ0v) is 22.8. The molecular weight excluding hydrogens is 490 g/mol. The Morgan fingerprint density at radius 2 is 1.91 bits per heavy atom. The van der Waals surface area contributed by atoms with E-state index in [9.17, 15) is 28.4 Å². The molecule has 194 valence electrons. The van der Waals surface area contributed by atoms with Crippen molar-refractivity contribution < 1.29 is 27.7 Å². The highest BCUT2D eigenvalue weighted by Crippen LogP contribution is 2.50. The number of hydrogen-bond acceptors (Lipinski definition) is 8. The number of aliphatic hydroxyl groups is 1. The van der Waals surface area contributed by atoms with Crippen LogP contribution in [0, 0.1) is 28.9 Å². The number of hydrazine groups is 1. The highest BCUT2D eigenvalue weighted by atomic mass is 32.2. The molecule has 3 rings (SSSR count). The number of carbonyl (C=O) groups excluding carboxylic acids is 1. The van der Waals surface area contributed by atoms with Crippen LogP contribution in [0.4, 0.5) is 0 Å². The Morgan fingerprint density at radius 1 is 1.34 bits per heavy atom. The van der Waals surface area contributed by atoms with E-state index in [0.29, 0.717) is 4.41 Å². The number of fused-ring (bicyclic) bond motifs is 1. The van der Waals surface area contributed by atoms with E-state index in [1.54, 1.807) is 12.1 Å². The first-order chi connectivity index (χ1) is 16.0. The number of hydrogen-bond donors (Lipinski definition) is 2. The van der Waals surface area contributed by atoms with Crippen LogP contribution in [-0.2, 0) is 19.2 Å². The van der Waals surface area contributed by atoms with Crippen molar-refractivity contribution >= 4 is 24.2 Å². The maximum absolute atomic E-state index is 13.4. The van der Waals surface area contributed by atoms with E-state index in [1.165, 1.54) is 18.2 Å². The van der Waals surface area contributed by atoms with Gasteiger partial charge in [0.2, 0.25) is 6.54 Å². The third-order valence-electron chi connectivity index (χ3n) is 7.76. The Balaban J connectivity index is 2.07. The molecule has 1 aromatic carbocycles. The fourth-order valence-electron chi connectivity index (χ4n) is 4.69. The van der Waals surface area contributed by atoms with Crippen molar-refractivity contribution in [1.82, 2.24) is 9.84 Å². The quantitative estimate of drug-likeness (QED) is 0.240. The fourth-order valence-corrected chi connectivity index (χ4v) is 7.34. The molecule has 10 nitrogen and oxygen atoms in total. The van der Waals surface area contributed by atoms with Gasteiger partial charge in [0.15, 0.2) is 8.32 Å². The number of nitro groups is 1. The Hall–Kier alpha value is -2.12. The van der Waals surface area contributed by atoms with Crippen LogP contribution < -0.4 is 5.43 Å². The van der Waals surface area contributed by atoms with Gasteiger partial charge in [-0.05, 0) is 37.2 Å². The van der Waals surface area contributed by atoms with Crippen molar-refractivity contribution in [2.45, 2.75) is 74.9 Å². The number of sulfonamides is 1. The predicted molar refractivity (Wildman–Crippen MR) is 133 cm³/mol. The van der Waals surface area contributed by atoms with E-state index >= 15 is 0 Å². The van der Waals surface area contributed by atoms with Gasteiger partial charge in [-0.2, -0.15) is 12.8 Å². The van der Waals surface area contributed by atoms with Crippen LogP contribution in [0.5, 0.6) is 0 Å². The first-order valence-corrected chi connectivity index (χ1v) is 15.9. The lowest BCUT2D eigenvalue weighted by atomic mass is 9.79. The predicted octanol–water partition coefficient (Wildman–Crippen LogP) is 2.62. The number of nitrogens with zero attached hydrogens (tertiary/aromatic N) is 2. The average Bonchev–Trinajstić information content (AvgIpc) is 2.94. The van der Waals surface area contributed by atoms with Gasteiger partial charge in [0, 0.05) is 17.3 Å². The standard InChI is InChI=1S/C23H35N3O7SSi/c1-8-23-18(13-19(27)26(24-23)34(31,32)16-11-9-15(2)10-12-16)17(14-25(29)30)20(21(23)28)33-35(6,7)22(3,4)5/h8-12,17-18,20-21,24,28H,1,13-14H2,2-7H3/t17-,18-,20+,21-,23-/m0/s1. The van der Waals surface area contributed by atoms with Crippen molar-refractivity contribution in [3.63, 3.8) is 0 Å². The lowest BCUT2D eigenvalue weighted by Crippen LogP contribution is -2.68. The zero-order chi connectivity index (χ0) is 26.6. The van der Waals surface area contributed by atoms with Gasteiger partial charge < -0.3 is 9.53 Å². The van der Waals surface area contributed by atoms with Crippen LogP contribution in [0.15, 0.2) is 41.8 Å². The topological polar surface area (TPSA) is 139 Å². The molecule has 1 aromatic rings. The van der Waals surface area contributed by atoms with Gasteiger partial charge in [0.25, 0.3) is 15.9 Å². The second-order valence-corrected chi connectivity index (χ2v) is 17.5.